The third-order valence-electron chi connectivity index (χ3n) is 3.86. The summed E-state index contributed by atoms with van der Waals surface area (Å²) in [6, 6.07) is 16.0. The fraction of sp³-hybridized carbons (Fsp3) is 0.0526. The Labute approximate surface area is 157 Å². The summed E-state index contributed by atoms with van der Waals surface area (Å²) in [6.07, 6.45) is 0. The van der Waals surface area contributed by atoms with Crippen molar-refractivity contribution < 1.29 is 9.52 Å². The topological polar surface area (TPSA) is 116 Å². The van der Waals surface area contributed by atoms with E-state index in [1.165, 1.54) is 0 Å². The summed E-state index contributed by atoms with van der Waals surface area (Å²) in [4.78, 5) is 23.3. The second-order valence-electron chi connectivity index (χ2n) is 5.60. The van der Waals surface area contributed by atoms with Crippen LogP contribution in [0.3, 0.4) is 0 Å². The number of para-hydroxylation sites is 3. The standard InChI is InChI=1S/C19H12N4O3S/c20-9-12(17-21-13-6-2-1-5-11(13)18(25)23-17)15(24)10-27-19-22-14-7-3-4-8-16(14)26-19/h1-8,24H,10H2,(H,21,23,25)/b15-12-. The van der Waals surface area contributed by atoms with Gasteiger partial charge in [-0.2, -0.15) is 5.26 Å². The molecule has 0 atom stereocenters. The summed E-state index contributed by atoms with van der Waals surface area (Å²) >= 11 is 1.14. The highest BCUT2D eigenvalue weighted by molar-refractivity contribution is 7.99. The highest BCUT2D eigenvalue weighted by atomic mass is 32.2. The first-order valence-electron chi connectivity index (χ1n) is 7.96. The summed E-state index contributed by atoms with van der Waals surface area (Å²) in [5, 5.41) is 20.6. The number of aliphatic hydroxyl groups is 1. The van der Waals surface area contributed by atoms with Gasteiger partial charge < -0.3 is 14.5 Å². The van der Waals surface area contributed by atoms with Crippen LogP contribution in [0, 0.1) is 11.3 Å². The molecule has 0 aliphatic rings. The van der Waals surface area contributed by atoms with Crippen LogP contribution in [0.1, 0.15) is 5.82 Å². The summed E-state index contributed by atoms with van der Waals surface area (Å²) in [7, 11) is 0. The van der Waals surface area contributed by atoms with Crippen LogP contribution in [0.5, 0.6) is 0 Å². The molecule has 0 aliphatic heterocycles. The van der Waals surface area contributed by atoms with E-state index >= 15 is 0 Å². The van der Waals surface area contributed by atoms with Gasteiger partial charge in [0.15, 0.2) is 11.4 Å². The van der Waals surface area contributed by atoms with E-state index in [1.54, 1.807) is 30.3 Å². The molecule has 0 saturated carbocycles. The lowest BCUT2D eigenvalue weighted by Gasteiger charge is -2.04. The van der Waals surface area contributed by atoms with E-state index in [2.05, 4.69) is 15.0 Å². The van der Waals surface area contributed by atoms with E-state index in [9.17, 15) is 15.2 Å². The molecule has 4 rings (SSSR count). The Bertz CT molecular complexity index is 1250. The molecule has 132 valence electrons. The lowest BCUT2D eigenvalue weighted by molar-refractivity contribution is 0.419. The maximum Gasteiger partial charge on any atom is 0.259 e. The van der Waals surface area contributed by atoms with E-state index in [1.807, 2.05) is 24.3 Å². The number of allylic oxidation sites excluding steroid dienone is 1. The van der Waals surface area contributed by atoms with Crippen molar-refractivity contribution in [3.05, 3.63) is 70.5 Å². The number of nitrogens with one attached hydrogen (secondary N) is 1. The van der Waals surface area contributed by atoms with Crippen LogP contribution in [0.25, 0.3) is 27.6 Å². The lowest BCUT2D eigenvalue weighted by atomic mass is 10.2. The van der Waals surface area contributed by atoms with Crippen LogP contribution in [-0.4, -0.2) is 25.8 Å². The molecule has 4 aromatic rings. The van der Waals surface area contributed by atoms with Crippen LogP contribution in [0.2, 0.25) is 0 Å². The highest BCUT2D eigenvalue weighted by Gasteiger charge is 2.15. The molecule has 27 heavy (non-hydrogen) atoms. The number of oxazole rings is 1. The molecule has 2 N–H and O–H groups in total. The zero-order chi connectivity index (χ0) is 18.8. The first kappa shape index (κ1) is 16.9. The summed E-state index contributed by atoms with van der Waals surface area (Å²) in [5.41, 5.74) is 1.33. The number of aliphatic hydroxyl groups excluding tert-OH is 1. The monoisotopic (exact) mass is 376 g/mol. The molecule has 2 aromatic heterocycles. The third kappa shape index (κ3) is 3.28. The van der Waals surface area contributed by atoms with Crippen LogP contribution >= 0.6 is 11.8 Å². The van der Waals surface area contributed by atoms with Gasteiger partial charge in [-0.05, 0) is 24.3 Å². The van der Waals surface area contributed by atoms with Gasteiger partial charge in [0.05, 0.1) is 16.7 Å². The molecule has 0 fully saturated rings. The van der Waals surface area contributed by atoms with Crippen LogP contribution < -0.4 is 5.56 Å². The number of nitriles is 1. The molecule has 0 bridgehead atoms. The predicted molar refractivity (Wildman–Crippen MR) is 102 cm³/mol. The normalized spacial score (nSPS) is 12.1. The molecule has 8 heteroatoms. The summed E-state index contributed by atoms with van der Waals surface area (Å²) in [6.45, 7) is 0. The van der Waals surface area contributed by atoms with Crippen LogP contribution in [0.4, 0.5) is 0 Å². The largest absolute Gasteiger partial charge is 0.510 e. The van der Waals surface area contributed by atoms with Gasteiger partial charge in [-0.15, -0.1) is 0 Å². The first-order chi connectivity index (χ1) is 13.2. The Morgan fingerprint density at radius 1 is 1.15 bits per heavy atom. The highest BCUT2D eigenvalue weighted by Crippen LogP contribution is 2.26. The Morgan fingerprint density at radius 3 is 2.67 bits per heavy atom. The van der Waals surface area contributed by atoms with Gasteiger partial charge in [0.1, 0.15) is 22.9 Å². The van der Waals surface area contributed by atoms with Crippen molar-refractivity contribution in [2.75, 3.05) is 5.75 Å². The average Bonchev–Trinajstić information content (AvgIpc) is 3.10. The molecule has 0 spiro atoms. The maximum atomic E-state index is 12.2. The van der Waals surface area contributed by atoms with Crippen LogP contribution in [-0.2, 0) is 0 Å². The van der Waals surface area contributed by atoms with Gasteiger partial charge in [-0.25, -0.2) is 9.97 Å². The lowest BCUT2D eigenvalue weighted by Crippen LogP contribution is -2.12. The van der Waals surface area contributed by atoms with Crippen molar-refractivity contribution in [2.24, 2.45) is 0 Å². The quantitative estimate of drug-likeness (QED) is 0.317. The second-order valence-corrected chi connectivity index (χ2v) is 6.53. The van der Waals surface area contributed by atoms with Gasteiger partial charge in [0.25, 0.3) is 10.8 Å². The van der Waals surface area contributed by atoms with Crippen molar-refractivity contribution >= 4 is 39.3 Å². The molecule has 7 nitrogen and oxygen atoms in total. The van der Waals surface area contributed by atoms with Crippen molar-refractivity contribution in [3.63, 3.8) is 0 Å². The molecule has 0 aliphatic carbocycles. The Morgan fingerprint density at radius 2 is 1.89 bits per heavy atom. The number of hydrogen-bond acceptors (Lipinski definition) is 7. The Kier molecular flexibility index (Phi) is 4.36. The van der Waals surface area contributed by atoms with Gasteiger partial charge >= 0.3 is 0 Å². The molecular weight excluding hydrogens is 364 g/mol. The van der Waals surface area contributed by atoms with E-state index in [0.717, 1.165) is 11.8 Å². The number of H-pyrrole nitrogens is 1. The molecule has 2 aromatic carbocycles. The van der Waals surface area contributed by atoms with Gasteiger partial charge in [-0.3, -0.25) is 4.79 Å². The smallest absolute Gasteiger partial charge is 0.259 e. The predicted octanol–water partition coefficient (Wildman–Crippen LogP) is 3.65. The summed E-state index contributed by atoms with van der Waals surface area (Å²) < 4.78 is 5.58. The third-order valence-corrected chi connectivity index (χ3v) is 4.70. The zero-order valence-corrected chi connectivity index (χ0v) is 14.7. The maximum absolute atomic E-state index is 12.2. The number of aromatic amines is 1. The molecule has 2 heterocycles. The van der Waals surface area contributed by atoms with Crippen LogP contribution in [0.15, 0.2) is 68.7 Å². The van der Waals surface area contributed by atoms with E-state index in [0.29, 0.717) is 27.2 Å². The number of fused-ring (bicyclic) bond motifs is 2. The van der Waals surface area contributed by atoms with Gasteiger partial charge in [0.2, 0.25) is 0 Å². The fourth-order valence-electron chi connectivity index (χ4n) is 2.57. The number of nitrogens with zero attached hydrogens (tertiary/aromatic N) is 3. The Balaban J connectivity index is 1.65. The van der Waals surface area contributed by atoms with Gasteiger partial charge in [0, 0.05) is 0 Å². The summed E-state index contributed by atoms with van der Waals surface area (Å²) in [5.74, 6) is -0.147. The molecule has 0 saturated heterocycles. The molecule has 0 unspecified atom stereocenters. The van der Waals surface area contributed by atoms with Gasteiger partial charge in [-0.1, -0.05) is 36.0 Å². The minimum Gasteiger partial charge on any atom is -0.510 e. The van der Waals surface area contributed by atoms with E-state index in [4.69, 9.17) is 4.42 Å². The number of aromatic nitrogens is 3. The van der Waals surface area contributed by atoms with E-state index < -0.39 is 0 Å². The number of benzene rings is 2. The zero-order valence-electron chi connectivity index (χ0n) is 13.8. The minimum atomic E-state index is -0.372. The van der Waals surface area contributed by atoms with Crippen molar-refractivity contribution in [1.29, 1.82) is 5.26 Å². The number of hydrogen-bond donors (Lipinski definition) is 2. The number of thioether (sulfide) groups is 1. The van der Waals surface area contributed by atoms with E-state index in [-0.39, 0.29) is 28.5 Å². The SMILES string of the molecule is N#C/C(=C(/O)CSc1nc2ccccc2o1)c1nc2ccccc2c(=O)[nH]1. The minimum absolute atomic E-state index is 0.0249. The van der Waals surface area contributed by atoms with Crippen molar-refractivity contribution in [2.45, 2.75) is 5.22 Å². The Hall–Kier alpha value is -3.57. The molecular formula is C19H12N4O3S. The fourth-order valence-corrected chi connectivity index (χ4v) is 3.29. The second kappa shape index (κ2) is 6.97. The number of rotatable bonds is 4. The molecule has 0 amide bonds. The van der Waals surface area contributed by atoms with Crippen molar-refractivity contribution in [1.82, 2.24) is 15.0 Å². The first-order valence-corrected chi connectivity index (χ1v) is 8.94. The average molecular weight is 376 g/mol. The van der Waals surface area contributed by atoms with Crippen molar-refractivity contribution in [3.8, 4) is 6.07 Å². The molecule has 0 radical (unpaired) electrons.